The maximum atomic E-state index is 11.4. The number of benzene rings is 1. The topological polar surface area (TPSA) is 37.4 Å². The second-order valence-corrected chi connectivity index (χ2v) is 7.36. The monoisotopic (exact) mass is 267 g/mol. The summed E-state index contributed by atoms with van der Waals surface area (Å²) in [7, 11) is -0.721. The average molecular weight is 267 g/mol. The van der Waals surface area contributed by atoms with E-state index in [0.717, 1.165) is 25.8 Å². The highest BCUT2D eigenvalue weighted by Gasteiger charge is 2.30. The van der Waals surface area contributed by atoms with E-state index in [4.69, 9.17) is 0 Å². The molecule has 18 heavy (non-hydrogen) atoms. The van der Waals surface area contributed by atoms with Crippen LogP contribution < -0.4 is 0 Å². The van der Waals surface area contributed by atoms with E-state index < -0.39 is 9.84 Å². The molecule has 0 saturated carbocycles. The zero-order valence-electron chi connectivity index (χ0n) is 10.9. The van der Waals surface area contributed by atoms with Crippen molar-refractivity contribution in [1.82, 2.24) is 4.90 Å². The minimum Gasteiger partial charge on any atom is -0.302 e. The largest absolute Gasteiger partial charge is 0.302 e. The van der Waals surface area contributed by atoms with Crippen LogP contribution in [0.4, 0.5) is 0 Å². The minimum absolute atomic E-state index is 0.228. The third kappa shape index (κ3) is 3.82. The molecule has 0 bridgehead atoms. The zero-order valence-corrected chi connectivity index (χ0v) is 11.7. The molecule has 100 valence electrons. The van der Waals surface area contributed by atoms with Gasteiger partial charge in [0.2, 0.25) is 0 Å². The molecule has 1 aliphatic rings. The first-order valence-corrected chi connectivity index (χ1v) is 8.33. The molecule has 2 rings (SSSR count). The molecule has 0 N–H and O–H groups in total. The summed E-state index contributed by atoms with van der Waals surface area (Å²) in [4.78, 5) is 2.20. The summed E-state index contributed by atoms with van der Waals surface area (Å²) in [5.41, 5.74) is 1.35. The van der Waals surface area contributed by atoms with E-state index in [0.29, 0.717) is 11.5 Å². The molecule has 1 aliphatic heterocycles. The maximum absolute atomic E-state index is 11.4. The lowest BCUT2D eigenvalue weighted by atomic mass is 10.1. The summed E-state index contributed by atoms with van der Waals surface area (Å²) in [5, 5.41) is 0. The van der Waals surface area contributed by atoms with E-state index in [1.165, 1.54) is 5.56 Å². The summed E-state index contributed by atoms with van der Waals surface area (Å²) >= 11 is 0. The molecular weight excluding hydrogens is 246 g/mol. The standard InChI is InChI=1S/C14H21NO2S/c1-15(14-9-11-18(16,17)12-14)10-5-8-13-6-3-2-4-7-13/h2-4,6-7,14H,5,8-12H2,1H3/t14-/m0/s1. The van der Waals surface area contributed by atoms with Crippen LogP contribution in [0.5, 0.6) is 0 Å². The van der Waals surface area contributed by atoms with E-state index in [1.807, 2.05) is 13.1 Å². The zero-order chi connectivity index (χ0) is 13.0. The third-order valence-electron chi connectivity index (χ3n) is 3.65. The predicted octanol–water partition coefficient (Wildman–Crippen LogP) is 1.74. The first-order chi connectivity index (χ1) is 8.57. The predicted molar refractivity (Wildman–Crippen MR) is 74.5 cm³/mol. The number of aryl methyl sites for hydroxylation is 1. The fraction of sp³-hybridized carbons (Fsp3) is 0.571. The fourth-order valence-electron chi connectivity index (χ4n) is 2.48. The lowest BCUT2D eigenvalue weighted by Crippen LogP contribution is -2.33. The Bertz CT molecular complexity index is 470. The lowest BCUT2D eigenvalue weighted by Gasteiger charge is -2.22. The van der Waals surface area contributed by atoms with Crippen molar-refractivity contribution in [3.8, 4) is 0 Å². The third-order valence-corrected chi connectivity index (χ3v) is 5.40. The van der Waals surface area contributed by atoms with Gasteiger partial charge >= 0.3 is 0 Å². The van der Waals surface area contributed by atoms with Gasteiger partial charge in [-0.1, -0.05) is 30.3 Å². The maximum Gasteiger partial charge on any atom is 0.151 e. The van der Waals surface area contributed by atoms with Crippen LogP contribution in [0.3, 0.4) is 0 Å². The van der Waals surface area contributed by atoms with E-state index in [9.17, 15) is 8.42 Å². The molecule has 1 heterocycles. The highest BCUT2D eigenvalue weighted by atomic mass is 32.2. The van der Waals surface area contributed by atoms with Gasteiger partial charge in [0.05, 0.1) is 11.5 Å². The molecule has 1 atom stereocenters. The quantitative estimate of drug-likeness (QED) is 0.815. The van der Waals surface area contributed by atoms with Gasteiger partial charge in [-0.05, 0) is 38.4 Å². The summed E-state index contributed by atoms with van der Waals surface area (Å²) in [5.74, 6) is 0.704. The smallest absolute Gasteiger partial charge is 0.151 e. The van der Waals surface area contributed by atoms with E-state index in [1.54, 1.807) is 0 Å². The van der Waals surface area contributed by atoms with Crippen LogP contribution in [-0.2, 0) is 16.3 Å². The molecule has 4 heteroatoms. The SMILES string of the molecule is CN(CCCc1ccccc1)[C@H]1CCS(=O)(=O)C1. The summed E-state index contributed by atoms with van der Waals surface area (Å²) in [6.07, 6.45) is 2.94. The molecule has 0 unspecified atom stereocenters. The van der Waals surface area contributed by atoms with Gasteiger partial charge in [-0.3, -0.25) is 0 Å². The second-order valence-electron chi connectivity index (χ2n) is 5.13. The van der Waals surface area contributed by atoms with Crippen LogP contribution in [-0.4, -0.2) is 44.5 Å². The van der Waals surface area contributed by atoms with Gasteiger partial charge in [0, 0.05) is 6.04 Å². The van der Waals surface area contributed by atoms with Crippen molar-refractivity contribution in [1.29, 1.82) is 0 Å². The number of nitrogens with zero attached hydrogens (tertiary/aromatic N) is 1. The average Bonchev–Trinajstić information content (AvgIpc) is 2.71. The lowest BCUT2D eigenvalue weighted by molar-refractivity contribution is 0.259. The summed E-state index contributed by atoms with van der Waals surface area (Å²) in [6.45, 7) is 0.967. The van der Waals surface area contributed by atoms with Crippen molar-refractivity contribution in [3.63, 3.8) is 0 Å². The number of sulfone groups is 1. The number of hydrogen-bond donors (Lipinski definition) is 0. The van der Waals surface area contributed by atoms with Gasteiger partial charge in [0.15, 0.2) is 9.84 Å². The van der Waals surface area contributed by atoms with E-state index in [2.05, 4.69) is 29.2 Å². The Labute approximate surface area is 110 Å². The molecular formula is C14H21NO2S. The van der Waals surface area contributed by atoms with Gasteiger partial charge in [-0.25, -0.2) is 8.42 Å². The molecule has 1 fully saturated rings. The molecule has 1 aromatic carbocycles. The van der Waals surface area contributed by atoms with Crippen molar-refractivity contribution >= 4 is 9.84 Å². The number of hydrogen-bond acceptors (Lipinski definition) is 3. The van der Waals surface area contributed by atoms with Gasteiger partial charge in [0.1, 0.15) is 0 Å². The molecule has 1 saturated heterocycles. The second kappa shape index (κ2) is 5.85. The Morgan fingerprint density at radius 3 is 2.61 bits per heavy atom. The van der Waals surface area contributed by atoms with Gasteiger partial charge in [0.25, 0.3) is 0 Å². The highest BCUT2D eigenvalue weighted by Crippen LogP contribution is 2.16. The van der Waals surface area contributed by atoms with Crippen LogP contribution in [0.25, 0.3) is 0 Å². The summed E-state index contributed by atoms with van der Waals surface area (Å²) in [6, 6.07) is 10.6. The molecule has 0 aromatic heterocycles. The van der Waals surface area contributed by atoms with E-state index >= 15 is 0 Å². The number of rotatable bonds is 5. The van der Waals surface area contributed by atoms with Crippen LogP contribution in [0.15, 0.2) is 30.3 Å². The molecule has 0 aliphatic carbocycles. The molecule has 3 nitrogen and oxygen atoms in total. The Balaban J connectivity index is 1.74. The normalized spacial score (nSPS) is 22.4. The minimum atomic E-state index is -2.76. The Morgan fingerprint density at radius 2 is 2.00 bits per heavy atom. The molecule has 1 aromatic rings. The highest BCUT2D eigenvalue weighted by molar-refractivity contribution is 7.91. The van der Waals surface area contributed by atoms with Gasteiger partial charge in [-0.15, -0.1) is 0 Å². The Hall–Kier alpha value is -0.870. The molecule has 0 amide bonds. The van der Waals surface area contributed by atoms with Gasteiger partial charge < -0.3 is 4.90 Å². The first kappa shape index (κ1) is 13.6. The van der Waals surface area contributed by atoms with Crippen LogP contribution in [0, 0.1) is 0 Å². The van der Waals surface area contributed by atoms with Crippen molar-refractivity contribution < 1.29 is 8.42 Å². The van der Waals surface area contributed by atoms with Crippen molar-refractivity contribution in [3.05, 3.63) is 35.9 Å². The van der Waals surface area contributed by atoms with Gasteiger partial charge in [-0.2, -0.15) is 0 Å². The van der Waals surface area contributed by atoms with E-state index in [-0.39, 0.29) is 6.04 Å². The van der Waals surface area contributed by atoms with Crippen molar-refractivity contribution in [2.24, 2.45) is 0 Å². The van der Waals surface area contributed by atoms with Crippen molar-refractivity contribution in [2.75, 3.05) is 25.1 Å². The van der Waals surface area contributed by atoms with Crippen LogP contribution in [0.1, 0.15) is 18.4 Å². The van der Waals surface area contributed by atoms with Crippen LogP contribution >= 0.6 is 0 Å². The molecule has 0 radical (unpaired) electrons. The van der Waals surface area contributed by atoms with Crippen LogP contribution in [0.2, 0.25) is 0 Å². The Kier molecular flexibility index (Phi) is 4.40. The fourth-order valence-corrected chi connectivity index (χ4v) is 4.29. The Morgan fingerprint density at radius 1 is 1.28 bits per heavy atom. The molecule has 0 spiro atoms. The summed E-state index contributed by atoms with van der Waals surface area (Å²) < 4.78 is 22.8. The van der Waals surface area contributed by atoms with Crippen molar-refractivity contribution in [2.45, 2.75) is 25.3 Å². The first-order valence-electron chi connectivity index (χ1n) is 6.51.